The topological polar surface area (TPSA) is 77.4 Å². The Balaban J connectivity index is 6.00. The van der Waals surface area contributed by atoms with Gasteiger partial charge in [-0.1, -0.05) is 67.2 Å². The molecule has 0 radical (unpaired) electrons. The lowest BCUT2D eigenvalue weighted by atomic mass is 9.95. The van der Waals surface area contributed by atoms with Gasteiger partial charge in [0, 0.05) is 26.4 Å². The number of aliphatic hydroxyl groups excluding tert-OH is 1. The van der Waals surface area contributed by atoms with E-state index in [1.165, 1.54) is 0 Å². The third-order valence-corrected chi connectivity index (χ3v) is 10.8. The van der Waals surface area contributed by atoms with E-state index in [0.29, 0.717) is 26.4 Å². The minimum Gasteiger partial charge on any atom is -0.432 e. The van der Waals surface area contributed by atoms with Crippen molar-refractivity contribution < 1.29 is 28.8 Å². The maximum Gasteiger partial charge on any atom is 0.188 e. The van der Waals surface area contributed by atoms with Crippen LogP contribution in [0.4, 0.5) is 0 Å². The molecule has 0 rings (SSSR count). The molecule has 0 amide bonds. The van der Waals surface area contributed by atoms with Crippen molar-refractivity contribution >= 4 is 8.32 Å². The van der Waals surface area contributed by atoms with Gasteiger partial charge in [-0.15, -0.1) is 0 Å². The van der Waals surface area contributed by atoms with Crippen LogP contribution in [0.3, 0.4) is 0 Å². The minimum absolute atomic E-state index is 0.113. The number of unbranched alkanes of at least 4 members (excludes halogenated alkanes) is 4. The van der Waals surface area contributed by atoms with Gasteiger partial charge in [0.15, 0.2) is 8.32 Å². The molecule has 7 heteroatoms. The van der Waals surface area contributed by atoms with E-state index in [2.05, 4.69) is 41.5 Å². The van der Waals surface area contributed by atoms with E-state index in [1.54, 1.807) is 0 Å². The molecule has 0 aromatic carbocycles. The monoisotopic (exact) mass is 520 g/mol. The molecule has 6 nitrogen and oxygen atoms in total. The molecule has 0 spiro atoms. The van der Waals surface area contributed by atoms with Gasteiger partial charge in [-0.2, -0.15) is 0 Å². The molecule has 2 N–H and O–H groups in total. The number of ether oxygens (including phenoxy) is 4. The highest BCUT2D eigenvalue weighted by Crippen LogP contribution is 2.41. The summed E-state index contributed by atoms with van der Waals surface area (Å²) < 4.78 is 25.6. The Kier molecular flexibility index (Phi) is 20.0. The molecule has 4 atom stereocenters. The molecule has 212 valence electrons. The van der Waals surface area contributed by atoms with Gasteiger partial charge in [-0.25, -0.2) is 0 Å². The van der Waals surface area contributed by atoms with Crippen molar-refractivity contribution in [1.82, 2.24) is 0 Å². The van der Waals surface area contributed by atoms with E-state index in [4.69, 9.17) is 18.9 Å². The van der Waals surface area contributed by atoms with Gasteiger partial charge in [-0.05, 0) is 56.7 Å². The average Bonchev–Trinajstić information content (AvgIpc) is 2.80. The number of aliphatic hydroxyl groups is 1. The molecular formula is C28H60O6Si. The largest absolute Gasteiger partial charge is 0.432 e. The lowest BCUT2D eigenvalue weighted by Crippen LogP contribution is -2.51. The first-order valence-electron chi connectivity index (χ1n) is 14.4. The Morgan fingerprint density at radius 2 is 1.03 bits per heavy atom. The van der Waals surface area contributed by atoms with Crippen LogP contribution in [0.2, 0.25) is 18.1 Å². The molecule has 0 bridgehead atoms. The standard InChI is InChI=1S/C28H60O6Si/c1-9-13-19-31-24(17-18-28(5,6)35(7,8)30)26(33-21-15-11-3)27(34-22-16-12-4)25(23-29)32-20-14-10-2/h24-27,29-30H,9-23H2,1-8H3/t24-,25-,26-,27-/m1/s1. The van der Waals surface area contributed by atoms with Crippen molar-refractivity contribution in [2.24, 2.45) is 0 Å². The second kappa shape index (κ2) is 20.0. The van der Waals surface area contributed by atoms with Crippen LogP contribution in [0.15, 0.2) is 0 Å². The van der Waals surface area contributed by atoms with Crippen molar-refractivity contribution in [2.75, 3.05) is 33.0 Å². The van der Waals surface area contributed by atoms with Crippen LogP contribution in [0.5, 0.6) is 0 Å². The average molecular weight is 521 g/mol. The van der Waals surface area contributed by atoms with E-state index in [0.717, 1.165) is 64.2 Å². The fraction of sp³-hybridized carbons (Fsp3) is 1.00. The Hall–Kier alpha value is -0.0231. The third-order valence-electron chi connectivity index (χ3n) is 7.22. The second-order valence-corrected chi connectivity index (χ2v) is 15.5. The molecule has 0 aliphatic rings. The predicted molar refractivity (Wildman–Crippen MR) is 149 cm³/mol. The quantitative estimate of drug-likeness (QED) is 0.112. The Morgan fingerprint density at radius 3 is 1.40 bits per heavy atom. The highest BCUT2D eigenvalue weighted by Gasteiger charge is 2.42. The molecule has 0 saturated heterocycles. The van der Waals surface area contributed by atoms with E-state index in [9.17, 15) is 9.90 Å². The van der Waals surface area contributed by atoms with Crippen molar-refractivity contribution in [3.8, 4) is 0 Å². The summed E-state index contributed by atoms with van der Waals surface area (Å²) >= 11 is 0. The van der Waals surface area contributed by atoms with E-state index >= 15 is 0 Å². The van der Waals surface area contributed by atoms with Crippen LogP contribution >= 0.6 is 0 Å². The van der Waals surface area contributed by atoms with Gasteiger partial charge in [0.25, 0.3) is 0 Å². The fourth-order valence-electron chi connectivity index (χ4n) is 3.72. The van der Waals surface area contributed by atoms with E-state index in [-0.39, 0.29) is 23.9 Å². The van der Waals surface area contributed by atoms with Crippen molar-refractivity contribution in [2.45, 2.75) is 148 Å². The van der Waals surface area contributed by atoms with E-state index in [1.807, 2.05) is 13.1 Å². The smallest absolute Gasteiger partial charge is 0.188 e. The van der Waals surface area contributed by atoms with Crippen molar-refractivity contribution in [3.63, 3.8) is 0 Å². The molecule has 0 aliphatic carbocycles. The highest BCUT2D eigenvalue weighted by atomic mass is 28.4. The predicted octanol–water partition coefficient (Wildman–Crippen LogP) is 6.48. The normalized spacial score (nSPS) is 16.3. The van der Waals surface area contributed by atoms with Crippen LogP contribution in [0, 0.1) is 0 Å². The fourth-order valence-corrected chi connectivity index (χ4v) is 4.47. The first-order valence-corrected chi connectivity index (χ1v) is 17.3. The van der Waals surface area contributed by atoms with Gasteiger partial charge in [0.1, 0.15) is 18.3 Å². The first kappa shape index (κ1) is 35.0. The second-order valence-electron chi connectivity index (χ2n) is 11.1. The van der Waals surface area contributed by atoms with Crippen LogP contribution in [-0.4, -0.2) is 75.7 Å². The number of rotatable bonds is 24. The zero-order valence-corrected chi connectivity index (χ0v) is 25.4. The Morgan fingerprint density at radius 1 is 0.657 bits per heavy atom. The molecule has 0 aromatic rings. The summed E-state index contributed by atoms with van der Waals surface area (Å²) in [5.74, 6) is 0. The number of hydrogen-bond acceptors (Lipinski definition) is 6. The van der Waals surface area contributed by atoms with Gasteiger partial charge in [-0.3, -0.25) is 0 Å². The summed E-state index contributed by atoms with van der Waals surface area (Å²) in [4.78, 5) is 10.9. The molecule has 0 unspecified atom stereocenters. The molecule has 0 aromatic heterocycles. The van der Waals surface area contributed by atoms with E-state index < -0.39 is 20.5 Å². The SMILES string of the molecule is CCCCO[C@@H]([C@H](OCCCC)[C@@H](CCC(C)(C)[Si](C)(C)O)OCCCC)[C@@H](CO)OCCCC. The Bertz CT molecular complexity index is 483. The zero-order chi connectivity index (χ0) is 26.7. The number of hydrogen-bond donors (Lipinski definition) is 2. The minimum atomic E-state index is -2.35. The van der Waals surface area contributed by atoms with Crippen LogP contribution in [0.25, 0.3) is 0 Å². The Labute approximate surface area is 218 Å². The molecular weight excluding hydrogens is 460 g/mol. The molecule has 0 saturated carbocycles. The van der Waals surface area contributed by atoms with Crippen LogP contribution < -0.4 is 0 Å². The maximum absolute atomic E-state index is 10.9. The molecule has 0 heterocycles. The van der Waals surface area contributed by atoms with Crippen LogP contribution in [0.1, 0.15) is 106 Å². The molecule has 35 heavy (non-hydrogen) atoms. The first-order chi connectivity index (χ1) is 16.6. The summed E-state index contributed by atoms with van der Waals surface area (Å²) in [7, 11) is -2.35. The summed E-state index contributed by atoms with van der Waals surface area (Å²) in [5, 5.41) is 10.2. The van der Waals surface area contributed by atoms with Crippen molar-refractivity contribution in [3.05, 3.63) is 0 Å². The highest BCUT2D eigenvalue weighted by molar-refractivity contribution is 6.72. The van der Waals surface area contributed by atoms with Gasteiger partial charge in [0.05, 0.1) is 12.7 Å². The van der Waals surface area contributed by atoms with Gasteiger partial charge < -0.3 is 28.8 Å². The summed E-state index contributed by atoms with van der Waals surface area (Å²) in [6, 6.07) is 0. The van der Waals surface area contributed by atoms with Crippen molar-refractivity contribution in [1.29, 1.82) is 0 Å². The van der Waals surface area contributed by atoms with Gasteiger partial charge >= 0.3 is 0 Å². The molecule has 0 fully saturated rings. The summed E-state index contributed by atoms with van der Waals surface area (Å²) in [5.41, 5.74) is 0. The lowest BCUT2D eigenvalue weighted by molar-refractivity contribution is -0.187. The van der Waals surface area contributed by atoms with Gasteiger partial charge in [0.2, 0.25) is 0 Å². The maximum atomic E-state index is 10.9. The van der Waals surface area contributed by atoms with Crippen LogP contribution in [-0.2, 0) is 18.9 Å². The lowest BCUT2D eigenvalue weighted by Gasteiger charge is -2.40. The zero-order valence-electron chi connectivity index (χ0n) is 24.4. The summed E-state index contributed by atoms with van der Waals surface area (Å²) in [6.07, 6.45) is 8.23. The summed E-state index contributed by atoms with van der Waals surface area (Å²) in [6.45, 7) is 19.3. The third kappa shape index (κ3) is 14.5. The molecule has 0 aliphatic heterocycles.